The molecule has 96 valence electrons. The van der Waals surface area contributed by atoms with E-state index in [9.17, 15) is 9.59 Å². The molecule has 0 fully saturated rings. The second-order valence-electron chi connectivity index (χ2n) is 4.59. The molecule has 4 nitrogen and oxygen atoms in total. The molecule has 0 saturated carbocycles. The van der Waals surface area contributed by atoms with Crippen molar-refractivity contribution in [3.05, 3.63) is 35.4 Å². The molecule has 2 rings (SSSR count). The molecule has 2 amide bonds. The van der Waals surface area contributed by atoms with Gasteiger partial charge in [-0.05, 0) is 38.3 Å². The van der Waals surface area contributed by atoms with Crippen molar-refractivity contribution in [2.45, 2.75) is 32.2 Å². The quantitative estimate of drug-likeness (QED) is 0.638. The lowest BCUT2D eigenvalue weighted by Gasteiger charge is -2.22. The third-order valence-electron chi connectivity index (χ3n) is 3.30. The fourth-order valence-electron chi connectivity index (χ4n) is 2.29. The fraction of sp³-hybridized carbons (Fsp3) is 0.429. The highest BCUT2D eigenvalue weighted by molar-refractivity contribution is 6.21. The molecule has 1 aliphatic rings. The molecule has 1 heterocycles. The van der Waals surface area contributed by atoms with Gasteiger partial charge in [0, 0.05) is 12.6 Å². The zero-order valence-electron chi connectivity index (χ0n) is 10.4. The van der Waals surface area contributed by atoms with E-state index in [-0.39, 0.29) is 24.5 Å². The number of amides is 2. The number of carbonyl (C=O) groups is 2. The molecule has 18 heavy (non-hydrogen) atoms. The molecule has 0 spiro atoms. The molecule has 0 aliphatic carbocycles. The highest BCUT2D eigenvalue weighted by atomic mass is 16.3. The molecule has 1 aliphatic heterocycles. The van der Waals surface area contributed by atoms with Crippen LogP contribution in [0.1, 0.15) is 46.9 Å². The maximum absolute atomic E-state index is 12.1. The van der Waals surface area contributed by atoms with Gasteiger partial charge < -0.3 is 5.11 Å². The van der Waals surface area contributed by atoms with Gasteiger partial charge in [-0.3, -0.25) is 14.5 Å². The van der Waals surface area contributed by atoms with Crippen LogP contribution in [0.3, 0.4) is 0 Å². The van der Waals surface area contributed by atoms with Gasteiger partial charge in [-0.2, -0.15) is 0 Å². The number of hydrogen-bond donors (Lipinski definition) is 1. The average molecular weight is 247 g/mol. The minimum atomic E-state index is -0.202. The summed E-state index contributed by atoms with van der Waals surface area (Å²) in [6.07, 6.45) is 2.24. The minimum absolute atomic E-state index is 0.121. The molecule has 0 aromatic heterocycles. The van der Waals surface area contributed by atoms with Crippen LogP contribution in [-0.2, 0) is 0 Å². The van der Waals surface area contributed by atoms with E-state index in [2.05, 4.69) is 0 Å². The Hall–Kier alpha value is -1.68. The fourth-order valence-corrected chi connectivity index (χ4v) is 2.29. The number of nitrogens with zero attached hydrogens (tertiary/aromatic N) is 1. The zero-order chi connectivity index (χ0) is 13.1. The molecule has 1 N–H and O–H groups in total. The first-order chi connectivity index (χ1) is 8.66. The molecular weight excluding hydrogens is 230 g/mol. The van der Waals surface area contributed by atoms with Crippen molar-refractivity contribution in [1.29, 1.82) is 0 Å². The van der Waals surface area contributed by atoms with Gasteiger partial charge in [0.05, 0.1) is 11.1 Å². The normalized spacial score (nSPS) is 16.0. The summed E-state index contributed by atoms with van der Waals surface area (Å²) < 4.78 is 0. The number of aliphatic hydroxyl groups excluding tert-OH is 1. The zero-order valence-corrected chi connectivity index (χ0v) is 10.4. The number of hydrogen-bond acceptors (Lipinski definition) is 3. The first-order valence-electron chi connectivity index (χ1n) is 6.24. The third kappa shape index (κ3) is 2.16. The molecule has 1 aromatic rings. The van der Waals surface area contributed by atoms with Crippen molar-refractivity contribution in [1.82, 2.24) is 4.90 Å². The van der Waals surface area contributed by atoms with Crippen molar-refractivity contribution < 1.29 is 14.7 Å². The summed E-state index contributed by atoms with van der Waals surface area (Å²) in [7, 11) is 0. The molecule has 4 heteroatoms. The smallest absolute Gasteiger partial charge is 0.261 e. The van der Waals surface area contributed by atoms with E-state index in [1.807, 2.05) is 6.92 Å². The number of aliphatic hydroxyl groups is 1. The molecule has 1 atom stereocenters. The second-order valence-corrected chi connectivity index (χ2v) is 4.59. The molecule has 0 unspecified atom stereocenters. The standard InChI is InChI=1S/C14H17NO3/c1-10(6-4-5-9-16)15-13(17)11-7-2-3-8-12(11)14(15)18/h2-3,7-8,10,16H,4-6,9H2,1H3/t10-/m0/s1. The van der Waals surface area contributed by atoms with Crippen LogP contribution in [0.15, 0.2) is 24.3 Å². The van der Waals surface area contributed by atoms with Crippen LogP contribution in [-0.4, -0.2) is 34.5 Å². The van der Waals surface area contributed by atoms with Gasteiger partial charge in [0.2, 0.25) is 0 Å². The van der Waals surface area contributed by atoms with Crippen molar-refractivity contribution in [2.75, 3.05) is 6.61 Å². The summed E-state index contributed by atoms with van der Waals surface area (Å²) in [5.74, 6) is -0.404. The average Bonchev–Trinajstić information content (AvgIpc) is 2.63. The van der Waals surface area contributed by atoms with Crippen molar-refractivity contribution in [3.8, 4) is 0 Å². The van der Waals surface area contributed by atoms with E-state index >= 15 is 0 Å². The van der Waals surface area contributed by atoms with Gasteiger partial charge >= 0.3 is 0 Å². The number of unbranched alkanes of at least 4 members (excludes halogenated alkanes) is 1. The Labute approximate surface area is 106 Å². The Kier molecular flexibility index (Phi) is 3.77. The Morgan fingerprint density at radius 2 is 1.67 bits per heavy atom. The first kappa shape index (κ1) is 12.8. The van der Waals surface area contributed by atoms with Gasteiger partial charge in [-0.1, -0.05) is 12.1 Å². The maximum Gasteiger partial charge on any atom is 0.261 e. The van der Waals surface area contributed by atoms with E-state index in [0.717, 1.165) is 12.8 Å². The van der Waals surface area contributed by atoms with E-state index in [1.54, 1.807) is 24.3 Å². The maximum atomic E-state index is 12.1. The van der Waals surface area contributed by atoms with Crippen LogP contribution in [0.5, 0.6) is 0 Å². The van der Waals surface area contributed by atoms with Gasteiger partial charge in [-0.15, -0.1) is 0 Å². The largest absolute Gasteiger partial charge is 0.396 e. The van der Waals surface area contributed by atoms with Crippen LogP contribution < -0.4 is 0 Å². The third-order valence-corrected chi connectivity index (χ3v) is 3.30. The lowest BCUT2D eigenvalue weighted by molar-refractivity contribution is 0.0587. The molecule has 1 aromatic carbocycles. The molecule has 0 saturated heterocycles. The van der Waals surface area contributed by atoms with Crippen LogP contribution in [0.2, 0.25) is 0 Å². The van der Waals surface area contributed by atoms with Crippen molar-refractivity contribution in [3.63, 3.8) is 0 Å². The Balaban J connectivity index is 2.13. The highest BCUT2D eigenvalue weighted by Gasteiger charge is 2.37. The van der Waals surface area contributed by atoms with E-state index < -0.39 is 0 Å². The summed E-state index contributed by atoms with van der Waals surface area (Å²) in [6, 6.07) is 6.80. The Morgan fingerprint density at radius 3 is 2.17 bits per heavy atom. The summed E-state index contributed by atoms with van der Waals surface area (Å²) in [5.41, 5.74) is 0.994. The van der Waals surface area contributed by atoms with Gasteiger partial charge in [-0.25, -0.2) is 0 Å². The molecule has 0 bridgehead atoms. The molecular formula is C14H17NO3. The summed E-state index contributed by atoms with van der Waals surface area (Å²) in [5, 5.41) is 8.74. The first-order valence-corrected chi connectivity index (χ1v) is 6.24. The lowest BCUT2D eigenvalue weighted by Crippen LogP contribution is -2.37. The van der Waals surface area contributed by atoms with Gasteiger partial charge in [0.1, 0.15) is 0 Å². The van der Waals surface area contributed by atoms with Crippen LogP contribution >= 0.6 is 0 Å². The SMILES string of the molecule is C[C@@H](CCCCO)N1C(=O)c2ccccc2C1=O. The van der Waals surface area contributed by atoms with E-state index in [1.165, 1.54) is 4.90 Å². The minimum Gasteiger partial charge on any atom is -0.396 e. The number of benzene rings is 1. The summed E-state index contributed by atoms with van der Waals surface area (Å²) >= 11 is 0. The Morgan fingerprint density at radius 1 is 1.11 bits per heavy atom. The Bertz CT molecular complexity index is 435. The lowest BCUT2D eigenvalue weighted by atomic mass is 10.1. The van der Waals surface area contributed by atoms with E-state index in [0.29, 0.717) is 17.5 Å². The van der Waals surface area contributed by atoms with Crippen LogP contribution in [0.25, 0.3) is 0 Å². The van der Waals surface area contributed by atoms with E-state index in [4.69, 9.17) is 5.11 Å². The van der Waals surface area contributed by atoms with Crippen molar-refractivity contribution >= 4 is 11.8 Å². The number of fused-ring (bicyclic) bond motifs is 1. The monoisotopic (exact) mass is 247 g/mol. The number of carbonyl (C=O) groups excluding carboxylic acids is 2. The van der Waals surface area contributed by atoms with Crippen LogP contribution in [0.4, 0.5) is 0 Å². The summed E-state index contributed by atoms with van der Waals surface area (Å²) in [6.45, 7) is 2.02. The predicted molar refractivity (Wildman–Crippen MR) is 67.3 cm³/mol. The summed E-state index contributed by atoms with van der Waals surface area (Å²) in [4.78, 5) is 25.6. The van der Waals surface area contributed by atoms with Crippen LogP contribution in [0, 0.1) is 0 Å². The topological polar surface area (TPSA) is 57.6 Å². The number of rotatable bonds is 5. The second kappa shape index (κ2) is 5.31. The number of imide groups is 1. The highest BCUT2D eigenvalue weighted by Crippen LogP contribution is 2.25. The van der Waals surface area contributed by atoms with Gasteiger partial charge in [0.15, 0.2) is 0 Å². The predicted octanol–water partition coefficient (Wildman–Crippen LogP) is 1.83. The van der Waals surface area contributed by atoms with Gasteiger partial charge in [0.25, 0.3) is 11.8 Å². The van der Waals surface area contributed by atoms with Crippen molar-refractivity contribution in [2.24, 2.45) is 0 Å². The molecule has 0 radical (unpaired) electrons.